The van der Waals surface area contributed by atoms with Crippen molar-refractivity contribution >= 4 is 39.8 Å². The number of methoxy groups -OCH3 is 1. The Labute approximate surface area is 368 Å². The van der Waals surface area contributed by atoms with Crippen LogP contribution in [-0.4, -0.2) is 93.6 Å². The lowest BCUT2D eigenvalue weighted by Crippen LogP contribution is -2.46. The van der Waals surface area contributed by atoms with E-state index in [4.69, 9.17) is 18.9 Å². The number of ketones is 1. The second kappa shape index (κ2) is 19.0. The Morgan fingerprint density at radius 2 is 1.57 bits per heavy atom. The van der Waals surface area contributed by atoms with Crippen LogP contribution >= 0.6 is 0 Å². The summed E-state index contributed by atoms with van der Waals surface area (Å²) in [4.78, 5) is 42.8. The van der Waals surface area contributed by atoms with Crippen molar-refractivity contribution < 1.29 is 58.9 Å². The van der Waals surface area contributed by atoms with Gasteiger partial charge in [0.2, 0.25) is 0 Å². The Morgan fingerprint density at radius 3 is 2.21 bits per heavy atom. The molecule has 14 nitrogen and oxygen atoms in total. The third kappa shape index (κ3) is 9.25. The Kier molecular flexibility index (Phi) is 14.2. The highest BCUT2D eigenvalue weighted by Gasteiger charge is 2.50. The molecule has 0 unspecified atom stereocenters. The number of ether oxygens (including phenoxy) is 4. The van der Waals surface area contributed by atoms with Gasteiger partial charge in [0.1, 0.15) is 34.7 Å². The lowest BCUT2D eigenvalue weighted by Gasteiger charge is -2.38. The number of esters is 1. The minimum Gasteiger partial charge on any atom is -0.507 e. The maximum absolute atomic E-state index is 14.6. The van der Waals surface area contributed by atoms with E-state index < -0.39 is 88.8 Å². The molecule has 6 N–H and O–H groups in total. The largest absolute Gasteiger partial charge is 0.507 e. The van der Waals surface area contributed by atoms with E-state index >= 15 is 0 Å². The zero-order chi connectivity index (χ0) is 46.1. The number of piperidine rings is 1. The van der Waals surface area contributed by atoms with E-state index in [2.05, 4.69) is 17.4 Å². The second-order valence-corrected chi connectivity index (χ2v) is 17.7. The van der Waals surface area contributed by atoms with Gasteiger partial charge in [-0.1, -0.05) is 76.3 Å². The first-order chi connectivity index (χ1) is 29.8. The fourth-order valence-corrected chi connectivity index (χ4v) is 9.32. The molecule has 0 radical (unpaired) electrons. The summed E-state index contributed by atoms with van der Waals surface area (Å²) in [6, 6.07) is 10.2. The summed E-state index contributed by atoms with van der Waals surface area (Å²) in [6.45, 7) is 13.6. The van der Waals surface area contributed by atoms with E-state index in [0.717, 1.165) is 19.3 Å². The number of phenolic OH excluding ortho intramolecular Hbond substituents is 3. The maximum Gasteiger partial charge on any atom is 0.312 e. The molecule has 4 heterocycles. The third-order valence-electron chi connectivity index (χ3n) is 13.3. The minimum atomic E-state index is -2.03. The molecule has 9 atom stereocenters. The number of anilines is 2. The zero-order valence-corrected chi connectivity index (χ0v) is 37.5. The number of aliphatic hydroxyl groups is 2. The van der Waals surface area contributed by atoms with E-state index in [-0.39, 0.29) is 44.6 Å². The highest BCUT2D eigenvalue weighted by molar-refractivity contribution is 6.23. The van der Waals surface area contributed by atoms with Crippen LogP contribution in [0.3, 0.4) is 0 Å². The van der Waals surface area contributed by atoms with Gasteiger partial charge in [-0.25, -0.2) is 0 Å². The van der Waals surface area contributed by atoms with Gasteiger partial charge in [-0.15, -0.1) is 0 Å². The molecule has 0 spiro atoms. The molecule has 0 saturated carbocycles. The first-order valence-electron chi connectivity index (χ1n) is 21.7. The molecule has 4 aliphatic heterocycles. The molecule has 0 aliphatic carbocycles. The number of amides is 1. The lowest BCUT2D eigenvalue weighted by atomic mass is 9.78. The molecule has 340 valence electrons. The van der Waals surface area contributed by atoms with Gasteiger partial charge in [0.05, 0.1) is 35.5 Å². The van der Waals surface area contributed by atoms with Crippen LogP contribution in [0.4, 0.5) is 11.4 Å². The van der Waals surface area contributed by atoms with Crippen molar-refractivity contribution in [3.8, 4) is 23.0 Å². The van der Waals surface area contributed by atoms with Crippen LogP contribution in [0, 0.1) is 36.5 Å². The fraction of sp³-hybridized carbons (Fsp3) is 0.490. The van der Waals surface area contributed by atoms with E-state index in [0.29, 0.717) is 19.0 Å². The monoisotopic (exact) mass is 870 g/mol. The van der Waals surface area contributed by atoms with Crippen LogP contribution in [0.5, 0.6) is 23.0 Å². The van der Waals surface area contributed by atoms with Gasteiger partial charge in [-0.3, -0.25) is 14.4 Å². The number of aliphatic hydroxyl groups excluding tert-OH is 2. The zero-order valence-electron chi connectivity index (χ0n) is 37.5. The Hall–Kier alpha value is -5.57. The molecule has 7 rings (SSSR count). The van der Waals surface area contributed by atoms with Crippen molar-refractivity contribution in [2.24, 2.45) is 29.6 Å². The second-order valence-electron chi connectivity index (χ2n) is 17.7. The number of carbonyl (C=O) groups excluding carboxylic acids is 3. The normalized spacial score (nSPS) is 30.1. The standard InChI is InChI=1S/C49H62N2O12/c1-25-14-13-15-26(2)48(59)50-38-39(51-21-18-33(19-22-51)24-32-16-11-10-12-17-32)44(57)35-36(43(38)56)42(55)30(6)46-37(35)47(58)49(8,63-46)61-23-20-34(60-9)27(3)45(62-31(7)52)29(5)41(54)28(4)40(25)53/h10-17,20,23,25,27-29,33-34,40-41,45,53-57H,18-19,21-22,24H2,1-9H3,(H,50,59)/b14-13-,23-20?,26-15-/t25-,27+,28+,29+,34-,40-,41+,45+,49-/m0/s1. The Balaban J connectivity index is 1.49. The molecule has 1 amide bonds. The number of hydrogen-bond acceptors (Lipinski definition) is 13. The number of Topliss-reactive ketones (excluding diaryl/α,β-unsaturated/α-hetero) is 1. The highest BCUT2D eigenvalue weighted by atomic mass is 16.7. The molecule has 0 aromatic heterocycles. The predicted octanol–water partition coefficient (Wildman–Crippen LogP) is 7.21. The van der Waals surface area contributed by atoms with Crippen LogP contribution in [-0.2, 0) is 30.2 Å². The van der Waals surface area contributed by atoms with Crippen molar-refractivity contribution in [3.05, 3.63) is 83.2 Å². The molecule has 3 aromatic carbocycles. The summed E-state index contributed by atoms with van der Waals surface area (Å²) in [7, 11) is 1.45. The molecule has 3 aromatic rings. The average molecular weight is 871 g/mol. The van der Waals surface area contributed by atoms with Crippen LogP contribution in [0.15, 0.2) is 66.5 Å². The number of hydrogen-bond donors (Lipinski definition) is 6. The summed E-state index contributed by atoms with van der Waals surface area (Å²) in [5.41, 5.74) is 1.31. The summed E-state index contributed by atoms with van der Waals surface area (Å²) >= 11 is 0. The van der Waals surface area contributed by atoms with Crippen LogP contribution in [0.1, 0.15) is 82.8 Å². The van der Waals surface area contributed by atoms with Crippen LogP contribution in [0.2, 0.25) is 0 Å². The third-order valence-corrected chi connectivity index (χ3v) is 13.3. The molecular weight excluding hydrogens is 809 g/mol. The fourth-order valence-electron chi connectivity index (χ4n) is 9.32. The van der Waals surface area contributed by atoms with Gasteiger partial charge in [0.15, 0.2) is 5.75 Å². The lowest BCUT2D eigenvalue weighted by molar-refractivity contribution is -0.160. The van der Waals surface area contributed by atoms with E-state index in [1.807, 2.05) is 23.1 Å². The number of nitrogens with zero attached hydrogens (tertiary/aromatic N) is 1. The van der Waals surface area contributed by atoms with Crippen molar-refractivity contribution in [2.75, 3.05) is 30.4 Å². The minimum absolute atomic E-state index is 0.0593. The average Bonchev–Trinajstić information content (AvgIpc) is 3.52. The quantitative estimate of drug-likeness (QED) is 0.0853. The smallest absolute Gasteiger partial charge is 0.312 e. The topological polar surface area (TPSA) is 205 Å². The molecule has 63 heavy (non-hydrogen) atoms. The SMILES string of the molecule is CO[C@H]1C=CO[C@@]2(C)Oc3c(C)c(O)c4c(O)c(c(N5CCC(Cc6ccccc6)CC5)c(O)c4c3C2=O)NC(=O)/C(C)=C\C=C/[C@H](C)[C@H](O)[C@@H](C)[C@@H](O)[C@@H](C)[C@H](OC(C)=O)[C@@H]1C. The summed E-state index contributed by atoms with van der Waals surface area (Å²) in [6.07, 6.45) is 6.04. The van der Waals surface area contributed by atoms with Crippen molar-refractivity contribution in [2.45, 2.75) is 105 Å². The van der Waals surface area contributed by atoms with E-state index in [1.165, 1.54) is 51.9 Å². The van der Waals surface area contributed by atoms with Crippen LogP contribution in [0.25, 0.3) is 10.8 Å². The maximum atomic E-state index is 14.6. The van der Waals surface area contributed by atoms with Gasteiger partial charge in [0, 0.05) is 74.2 Å². The van der Waals surface area contributed by atoms with Crippen LogP contribution < -0.4 is 15.0 Å². The summed E-state index contributed by atoms with van der Waals surface area (Å²) in [5.74, 6) is -7.61. The molecule has 1 fully saturated rings. The Bertz CT molecular complexity index is 2300. The molecule has 4 aliphatic rings. The molecule has 14 heteroatoms. The summed E-state index contributed by atoms with van der Waals surface area (Å²) < 4.78 is 23.8. The summed E-state index contributed by atoms with van der Waals surface area (Å²) in [5, 5.41) is 61.7. The first-order valence-corrected chi connectivity index (χ1v) is 21.7. The number of nitrogens with one attached hydrogen (secondary N) is 1. The van der Waals surface area contributed by atoms with Crippen molar-refractivity contribution in [3.63, 3.8) is 0 Å². The number of phenols is 3. The van der Waals surface area contributed by atoms with Gasteiger partial charge in [-0.05, 0) is 50.7 Å². The number of aromatic hydroxyl groups is 3. The van der Waals surface area contributed by atoms with Crippen molar-refractivity contribution in [1.29, 1.82) is 0 Å². The number of allylic oxidation sites excluding steroid dienone is 2. The number of fused-ring (bicyclic) bond motifs is 14. The number of rotatable bonds is 5. The first kappa shape index (κ1) is 46.9. The van der Waals surface area contributed by atoms with Gasteiger partial charge >= 0.3 is 11.8 Å². The Morgan fingerprint density at radius 1 is 0.905 bits per heavy atom. The van der Waals surface area contributed by atoms with Gasteiger partial charge < -0.3 is 54.7 Å². The number of carbonyl (C=O) groups is 3. The van der Waals surface area contributed by atoms with Gasteiger partial charge in [0.25, 0.3) is 11.7 Å². The molecular formula is C49H62N2O12. The van der Waals surface area contributed by atoms with Gasteiger partial charge in [-0.2, -0.15) is 0 Å². The van der Waals surface area contributed by atoms with Crippen molar-refractivity contribution in [1.82, 2.24) is 0 Å². The van der Waals surface area contributed by atoms with E-state index in [1.54, 1.807) is 46.8 Å². The predicted molar refractivity (Wildman–Crippen MR) is 239 cm³/mol. The molecule has 1 saturated heterocycles. The molecule has 5 bridgehead atoms. The number of benzene rings is 3. The highest BCUT2D eigenvalue weighted by Crippen LogP contribution is 2.58. The van der Waals surface area contributed by atoms with E-state index in [9.17, 15) is 39.9 Å².